The van der Waals surface area contributed by atoms with Crippen LogP contribution in [-0.2, 0) is 4.79 Å². The molecule has 0 aromatic rings. The van der Waals surface area contributed by atoms with Gasteiger partial charge in [-0.05, 0) is 12.8 Å². The summed E-state index contributed by atoms with van der Waals surface area (Å²) in [4.78, 5) is 27.1. The van der Waals surface area contributed by atoms with Gasteiger partial charge in [-0.15, -0.1) is 0 Å². The van der Waals surface area contributed by atoms with E-state index in [2.05, 4.69) is 21.2 Å². The normalized spacial score (nSPS) is 23.6. The lowest BCUT2D eigenvalue weighted by molar-refractivity contribution is -0.133. The van der Waals surface area contributed by atoms with Crippen molar-refractivity contribution < 1.29 is 9.59 Å². The summed E-state index contributed by atoms with van der Waals surface area (Å²) in [5.74, 6) is 0.227. The Morgan fingerprint density at radius 2 is 2.24 bits per heavy atom. The van der Waals surface area contributed by atoms with Gasteiger partial charge in [0.05, 0.1) is 6.04 Å². The lowest BCUT2D eigenvalue weighted by Crippen LogP contribution is -2.53. The van der Waals surface area contributed by atoms with Gasteiger partial charge in [0, 0.05) is 37.9 Å². The monoisotopic (exact) mass is 303 g/mol. The molecule has 2 aliphatic rings. The van der Waals surface area contributed by atoms with Crippen molar-refractivity contribution in [3.8, 4) is 0 Å². The molecule has 2 aliphatic heterocycles. The summed E-state index contributed by atoms with van der Waals surface area (Å²) in [6.07, 6.45) is 2.60. The number of carbonyl (C=O) groups is 2. The molecule has 2 saturated heterocycles. The SMILES string of the molecule is O=C(CCCCBr)N1CCN2C(=O)NCC2C1. The van der Waals surface area contributed by atoms with Crippen LogP contribution in [0.2, 0.25) is 0 Å². The van der Waals surface area contributed by atoms with E-state index in [9.17, 15) is 9.59 Å². The number of nitrogens with one attached hydrogen (secondary N) is 1. The second-order valence-electron chi connectivity index (χ2n) is 4.52. The highest BCUT2D eigenvalue weighted by atomic mass is 79.9. The van der Waals surface area contributed by atoms with E-state index in [0.717, 1.165) is 18.2 Å². The van der Waals surface area contributed by atoms with Crippen molar-refractivity contribution >= 4 is 27.9 Å². The van der Waals surface area contributed by atoms with Crippen LogP contribution in [0.25, 0.3) is 0 Å². The molecule has 2 rings (SSSR count). The summed E-state index contributed by atoms with van der Waals surface area (Å²) in [6, 6.07) is 0.192. The van der Waals surface area contributed by atoms with Crippen molar-refractivity contribution in [2.75, 3.05) is 31.5 Å². The lowest BCUT2D eigenvalue weighted by atomic mass is 10.1. The van der Waals surface area contributed by atoms with Crippen LogP contribution in [0.15, 0.2) is 0 Å². The Balaban J connectivity index is 1.80. The molecule has 2 fully saturated rings. The van der Waals surface area contributed by atoms with Gasteiger partial charge in [-0.1, -0.05) is 15.9 Å². The zero-order chi connectivity index (χ0) is 12.3. The molecule has 96 valence electrons. The molecule has 17 heavy (non-hydrogen) atoms. The summed E-state index contributed by atoms with van der Waals surface area (Å²) in [7, 11) is 0. The predicted molar refractivity (Wildman–Crippen MR) is 68.1 cm³/mol. The number of carbonyl (C=O) groups excluding carboxylic acids is 2. The average Bonchev–Trinajstić information content (AvgIpc) is 2.71. The third kappa shape index (κ3) is 2.91. The summed E-state index contributed by atoms with van der Waals surface area (Å²) < 4.78 is 0. The van der Waals surface area contributed by atoms with E-state index in [-0.39, 0.29) is 18.0 Å². The maximum Gasteiger partial charge on any atom is 0.317 e. The molecular formula is C11H18BrN3O2. The molecular weight excluding hydrogens is 286 g/mol. The first-order valence-electron chi connectivity index (χ1n) is 6.10. The zero-order valence-electron chi connectivity index (χ0n) is 9.82. The number of hydrogen-bond acceptors (Lipinski definition) is 2. The van der Waals surface area contributed by atoms with Gasteiger partial charge in [0.1, 0.15) is 0 Å². The molecule has 3 amide bonds. The maximum atomic E-state index is 11.9. The van der Waals surface area contributed by atoms with Gasteiger partial charge in [-0.25, -0.2) is 4.79 Å². The van der Waals surface area contributed by atoms with E-state index in [4.69, 9.17) is 0 Å². The van der Waals surface area contributed by atoms with Crippen LogP contribution >= 0.6 is 15.9 Å². The molecule has 0 aliphatic carbocycles. The summed E-state index contributed by atoms with van der Waals surface area (Å²) in [6.45, 7) is 2.70. The van der Waals surface area contributed by atoms with E-state index in [1.807, 2.05) is 9.80 Å². The van der Waals surface area contributed by atoms with Crippen molar-refractivity contribution in [1.82, 2.24) is 15.1 Å². The molecule has 1 N–H and O–H groups in total. The van der Waals surface area contributed by atoms with E-state index in [1.54, 1.807) is 0 Å². The third-order valence-corrected chi connectivity index (χ3v) is 3.92. The highest BCUT2D eigenvalue weighted by Crippen LogP contribution is 2.15. The number of unbranched alkanes of at least 4 members (excludes halogenated alkanes) is 1. The first-order valence-corrected chi connectivity index (χ1v) is 7.22. The topological polar surface area (TPSA) is 52.7 Å². The van der Waals surface area contributed by atoms with Gasteiger partial charge in [0.15, 0.2) is 0 Å². The highest BCUT2D eigenvalue weighted by Gasteiger charge is 2.36. The maximum absolute atomic E-state index is 11.9. The van der Waals surface area contributed by atoms with Crippen molar-refractivity contribution in [1.29, 1.82) is 0 Å². The highest BCUT2D eigenvalue weighted by molar-refractivity contribution is 9.09. The molecule has 5 nitrogen and oxygen atoms in total. The number of halogens is 1. The molecule has 2 heterocycles. The fourth-order valence-corrected chi connectivity index (χ4v) is 2.76. The van der Waals surface area contributed by atoms with Gasteiger partial charge < -0.3 is 15.1 Å². The second-order valence-corrected chi connectivity index (χ2v) is 5.31. The number of rotatable bonds is 4. The summed E-state index contributed by atoms with van der Waals surface area (Å²) >= 11 is 3.36. The van der Waals surface area contributed by atoms with Crippen molar-refractivity contribution in [2.24, 2.45) is 0 Å². The summed E-state index contributed by atoms with van der Waals surface area (Å²) in [5.41, 5.74) is 0. The van der Waals surface area contributed by atoms with Crippen LogP contribution in [0.1, 0.15) is 19.3 Å². The largest absolute Gasteiger partial charge is 0.339 e. The van der Waals surface area contributed by atoms with E-state index in [0.29, 0.717) is 32.6 Å². The van der Waals surface area contributed by atoms with Crippen molar-refractivity contribution in [3.05, 3.63) is 0 Å². The summed E-state index contributed by atoms with van der Waals surface area (Å²) in [5, 5.41) is 3.77. The molecule has 0 spiro atoms. The first kappa shape index (κ1) is 12.7. The Morgan fingerprint density at radius 3 is 3.00 bits per heavy atom. The average molecular weight is 304 g/mol. The predicted octanol–water partition coefficient (Wildman–Crippen LogP) is 0.788. The fourth-order valence-electron chi connectivity index (χ4n) is 2.36. The minimum Gasteiger partial charge on any atom is -0.339 e. The molecule has 0 radical (unpaired) electrons. The Hall–Kier alpha value is -0.780. The van der Waals surface area contributed by atoms with Crippen LogP contribution < -0.4 is 5.32 Å². The van der Waals surface area contributed by atoms with Crippen molar-refractivity contribution in [3.63, 3.8) is 0 Å². The standard InChI is InChI=1S/C11H18BrN3O2/c12-4-2-1-3-10(16)14-5-6-15-9(8-14)7-13-11(15)17/h9H,1-8H2,(H,13,17). The minimum absolute atomic E-state index is 0.0152. The van der Waals surface area contributed by atoms with E-state index < -0.39 is 0 Å². The van der Waals surface area contributed by atoms with Crippen LogP contribution in [0.4, 0.5) is 4.79 Å². The number of amides is 3. The van der Waals surface area contributed by atoms with E-state index in [1.165, 1.54) is 0 Å². The third-order valence-electron chi connectivity index (χ3n) is 3.36. The van der Waals surface area contributed by atoms with E-state index >= 15 is 0 Å². The zero-order valence-corrected chi connectivity index (χ0v) is 11.4. The number of piperazine rings is 1. The van der Waals surface area contributed by atoms with Gasteiger partial charge in [-0.3, -0.25) is 4.79 Å². The first-order chi connectivity index (χ1) is 8.22. The minimum atomic E-state index is 0.0152. The molecule has 0 aromatic heterocycles. The Kier molecular flexibility index (Phi) is 4.25. The Bertz CT molecular complexity index is 311. The molecule has 0 aromatic carbocycles. The Labute approximate surface area is 110 Å². The van der Waals surface area contributed by atoms with Crippen molar-refractivity contribution in [2.45, 2.75) is 25.3 Å². The quantitative estimate of drug-likeness (QED) is 0.617. The van der Waals surface area contributed by atoms with Crippen LogP contribution in [0, 0.1) is 0 Å². The van der Waals surface area contributed by atoms with Crippen LogP contribution in [-0.4, -0.2) is 59.3 Å². The number of hydrogen-bond donors (Lipinski definition) is 1. The lowest BCUT2D eigenvalue weighted by Gasteiger charge is -2.36. The number of urea groups is 1. The number of fused-ring (bicyclic) bond motifs is 1. The van der Waals surface area contributed by atoms with Gasteiger partial charge >= 0.3 is 6.03 Å². The van der Waals surface area contributed by atoms with Gasteiger partial charge in [0.25, 0.3) is 0 Å². The van der Waals surface area contributed by atoms with Crippen LogP contribution in [0.3, 0.4) is 0 Å². The molecule has 0 bridgehead atoms. The molecule has 1 atom stereocenters. The van der Waals surface area contributed by atoms with Gasteiger partial charge in [0.2, 0.25) is 5.91 Å². The second kappa shape index (κ2) is 5.71. The molecule has 6 heteroatoms. The number of nitrogens with zero attached hydrogens (tertiary/aromatic N) is 2. The molecule has 1 unspecified atom stereocenters. The fraction of sp³-hybridized carbons (Fsp3) is 0.818. The smallest absolute Gasteiger partial charge is 0.317 e. The Morgan fingerprint density at radius 1 is 1.41 bits per heavy atom. The van der Waals surface area contributed by atoms with Crippen LogP contribution in [0.5, 0.6) is 0 Å². The van der Waals surface area contributed by atoms with Gasteiger partial charge in [-0.2, -0.15) is 0 Å². The molecule has 0 saturated carbocycles. The number of alkyl halides is 1.